The number of rotatable bonds is 3. The molecule has 0 saturated heterocycles. The Bertz CT molecular complexity index is 602. The van der Waals surface area contributed by atoms with Gasteiger partial charge in [-0.2, -0.15) is 5.10 Å². The smallest absolute Gasteiger partial charge is 0.172 e. The van der Waals surface area contributed by atoms with Crippen LogP contribution < -0.4 is 10.6 Å². The maximum absolute atomic E-state index is 5.16. The van der Waals surface area contributed by atoms with Crippen molar-refractivity contribution in [3.63, 3.8) is 0 Å². The number of aryl methyl sites for hydroxylation is 2. The number of hydrogen-bond donors (Lipinski definition) is 3. The molecule has 6 heteroatoms. The van der Waals surface area contributed by atoms with E-state index in [0.717, 1.165) is 22.3 Å². The summed E-state index contributed by atoms with van der Waals surface area (Å²) in [5.74, 6) is 0.691. The molecule has 0 aliphatic carbocycles. The van der Waals surface area contributed by atoms with Crippen molar-refractivity contribution in [1.29, 1.82) is 0 Å². The van der Waals surface area contributed by atoms with Crippen LogP contribution >= 0.6 is 12.2 Å². The van der Waals surface area contributed by atoms with Crippen LogP contribution in [0.2, 0.25) is 0 Å². The zero-order chi connectivity index (χ0) is 13.1. The van der Waals surface area contributed by atoms with Crippen molar-refractivity contribution < 1.29 is 0 Å². The van der Waals surface area contributed by atoms with E-state index in [1.54, 1.807) is 6.08 Å². The first-order valence-electron chi connectivity index (χ1n) is 5.60. The van der Waals surface area contributed by atoms with Gasteiger partial charge in [-0.05, 0) is 37.7 Å². The van der Waals surface area contributed by atoms with Gasteiger partial charge in [0, 0.05) is 12.2 Å². The van der Waals surface area contributed by atoms with E-state index in [0.29, 0.717) is 17.5 Å². The number of aromatic nitrogens is 3. The SMILES string of the molecule is C=CCNC(=S)Nc1n[nH]c2nc(C)cc(C)c12. The van der Waals surface area contributed by atoms with E-state index in [-0.39, 0.29) is 0 Å². The van der Waals surface area contributed by atoms with Crippen molar-refractivity contribution in [2.24, 2.45) is 0 Å². The fourth-order valence-corrected chi connectivity index (χ4v) is 1.97. The number of fused-ring (bicyclic) bond motifs is 1. The average Bonchev–Trinajstić information content (AvgIpc) is 2.69. The number of nitrogens with one attached hydrogen (secondary N) is 3. The molecule has 3 N–H and O–H groups in total. The van der Waals surface area contributed by atoms with Crippen LogP contribution in [0.25, 0.3) is 11.0 Å². The van der Waals surface area contributed by atoms with E-state index in [2.05, 4.69) is 32.4 Å². The topological polar surface area (TPSA) is 65.6 Å². The Labute approximate surface area is 111 Å². The molecule has 0 saturated carbocycles. The van der Waals surface area contributed by atoms with Gasteiger partial charge in [0.25, 0.3) is 0 Å². The van der Waals surface area contributed by atoms with E-state index in [1.165, 1.54) is 0 Å². The minimum atomic E-state index is 0.517. The van der Waals surface area contributed by atoms with Gasteiger partial charge in [0.2, 0.25) is 0 Å². The molecule has 2 rings (SSSR count). The molecule has 0 unspecified atom stereocenters. The van der Waals surface area contributed by atoms with Crippen LogP contribution in [-0.2, 0) is 0 Å². The maximum atomic E-state index is 5.16. The molecule has 0 amide bonds. The summed E-state index contributed by atoms with van der Waals surface area (Å²) in [5.41, 5.74) is 2.84. The Hall–Kier alpha value is -1.95. The summed E-state index contributed by atoms with van der Waals surface area (Å²) in [6.45, 7) is 8.22. The van der Waals surface area contributed by atoms with Crippen LogP contribution in [0.1, 0.15) is 11.3 Å². The first-order chi connectivity index (χ1) is 8.61. The Kier molecular flexibility index (Phi) is 3.57. The summed E-state index contributed by atoms with van der Waals surface area (Å²) in [5, 5.41) is 14.6. The number of aromatic amines is 1. The van der Waals surface area contributed by atoms with Crippen molar-refractivity contribution in [3.05, 3.63) is 30.0 Å². The van der Waals surface area contributed by atoms with E-state index >= 15 is 0 Å². The van der Waals surface area contributed by atoms with E-state index in [9.17, 15) is 0 Å². The summed E-state index contributed by atoms with van der Waals surface area (Å²) in [4.78, 5) is 4.39. The number of H-pyrrole nitrogens is 1. The molecule has 0 bridgehead atoms. The second kappa shape index (κ2) is 5.14. The molecule has 0 atom stereocenters. The van der Waals surface area contributed by atoms with Crippen LogP contribution in [0, 0.1) is 13.8 Å². The molecule has 0 aliphatic rings. The van der Waals surface area contributed by atoms with Gasteiger partial charge in [-0.15, -0.1) is 6.58 Å². The number of nitrogens with zero attached hydrogens (tertiary/aromatic N) is 2. The first kappa shape index (κ1) is 12.5. The first-order valence-corrected chi connectivity index (χ1v) is 6.00. The predicted octanol–water partition coefficient (Wildman–Crippen LogP) is 2.05. The third-order valence-electron chi connectivity index (χ3n) is 2.49. The highest BCUT2D eigenvalue weighted by Gasteiger charge is 2.10. The summed E-state index contributed by atoms with van der Waals surface area (Å²) >= 11 is 5.16. The van der Waals surface area contributed by atoms with Crippen molar-refractivity contribution in [1.82, 2.24) is 20.5 Å². The lowest BCUT2D eigenvalue weighted by molar-refractivity contribution is 1.05. The van der Waals surface area contributed by atoms with Gasteiger partial charge in [0.05, 0.1) is 5.39 Å². The molecular weight excluding hydrogens is 246 g/mol. The van der Waals surface area contributed by atoms with Gasteiger partial charge in [-0.1, -0.05) is 6.08 Å². The van der Waals surface area contributed by atoms with Crippen LogP contribution in [0.15, 0.2) is 18.7 Å². The van der Waals surface area contributed by atoms with E-state index in [1.807, 2.05) is 19.9 Å². The molecule has 2 heterocycles. The summed E-state index contributed by atoms with van der Waals surface area (Å²) in [6, 6.07) is 2.02. The van der Waals surface area contributed by atoms with Gasteiger partial charge >= 0.3 is 0 Å². The zero-order valence-electron chi connectivity index (χ0n) is 10.4. The predicted molar refractivity (Wildman–Crippen MR) is 77.8 cm³/mol. The highest BCUT2D eigenvalue weighted by Crippen LogP contribution is 2.23. The molecule has 5 nitrogen and oxygen atoms in total. The van der Waals surface area contributed by atoms with Gasteiger partial charge in [-0.3, -0.25) is 5.10 Å². The van der Waals surface area contributed by atoms with Gasteiger partial charge in [0.15, 0.2) is 16.6 Å². The van der Waals surface area contributed by atoms with Gasteiger partial charge < -0.3 is 10.6 Å². The summed E-state index contributed by atoms with van der Waals surface area (Å²) in [7, 11) is 0. The quantitative estimate of drug-likeness (QED) is 0.583. The molecule has 2 aromatic rings. The van der Waals surface area contributed by atoms with E-state index < -0.39 is 0 Å². The summed E-state index contributed by atoms with van der Waals surface area (Å²) in [6.07, 6.45) is 1.74. The highest BCUT2D eigenvalue weighted by molar-refractivity contribution is 7.80. The van der Waals surface area contributed by atoms with E-state index in [4.69, 9.17) is 12.2 Å². The second-order valence-electron chi connectivity index (χ2n) is 4.00. The Morgan fingerprint density at radius 1 is 1.56 bits per heavy atom. The molecular formula is C12H15N5S. The standard InChI is InChI=1S/C12H15N5S/c1-4-5-13-12(18)15-11-9-7(2)6-8(3)14-10(9)16-17-11/h4,6H,1,5H2,2-3H3,(H3,13,14,15,16,17,18). The number of hydrogen-bond acceptors (Lipinski definition) is 3. The maximum Gasteiger partial charge on any atom is 0.172 e. The summed E-state index contributed by atoms with van der Waals surface area (Å²) < 4.78 is 0. The van der Waals surface area contributed by atoms with Crippen LogP contribution in [0.5, 0.6) is 0 Å². The Morgan fingerprint density at radius 2 is 2.33 bits per heavy atom. The van der Waals surface area contributed by atoms with Crippen molar-refractivity contribution in [3.8, 4) is 0 Å². The normalized spacial score (nSPS) is 10.3. The van der Waals surface area contributed by atoms with Crippen molar-refractivity contribution in [2.45, 2.75) is 13.8 Å². The number of thiocarbonyl (C=S) groups is 1. The van der Waals surface area contributed by atoms with Gasteiger partial charge in [0.1, 0.15) is 0 Å². The van der Waals surface area contributed by atoms with Crippen molar-refractivity contribution >= 4 is 34.2 Å². The number of anilines is 1. The molecule has 94 valence electrons. The largest absolute Gasteiger partial charge is 0.359 e. The fourth-order valence-electron chi connectivity index (χ4n) is 1.79. The third kappa shape index (κ3) is 2.48. The van der Waals surface area contributed by atoms with Gasteiger partial charge in [-0.25, -0.2) is 4.98 Å². The average molecular weight is 261 g/mol. The third-order valence-corrected chi connectivity index (χ3v) is 2.74. The van der Waals surface area contributed by atoms with Crippen LogP contribution in [0.3, 0.4) is 0 Å². The molecule has 0 aliphatic heterocycles. The lowest BCUT2D eigenvalue weighted by atomic mass is 10.2. The fraction of sp³-hybridized carbons (Fsp3) is 0.250. The zero-order valence-corrected chi connectivity index (χ0v) is 11.2. The van der Waals surface area contributed by atoms with Crippen molar-refractivity contribution in [2.75, 3.05) is 11.9 Å². The molecule has 0 fully saturated rings. The monoisotopic (exact) mass is 261 g/mol. The minimum absolute atomic E-state index is 0.517. The Morgan fingerprint density at radius 3 is 3.06 bits per heavy atom. The minimum Gasteiger partial charge on any atom is -0.359 e. The second-order valence-corrected chi connectivity index (χ2v) is 4.41. The lowest BCUT2D eigenvalue weighted by Gasteiger charge is -2.07. The van der Waals surface area contributed by atoms with Crippen LogP contribution in [0.4, 0.5) is 5.82 Å². The molecule has 2 aromatic heterocycles. The lowest BCUT2D eigenvalue weighted by Crippen LogP contribution is -2.28. The Balaban J connectivity index is 2.29. The molecule has 0 radical (unpaired) electrons. The highest BCUT2D eigenvalue weighted by atomic mass is 32.1. The molecule has 0 aromatic carbocycles. The number of pyridine rings is 1. The molecule has 18 heavy (non-hydrogen) atoms. The van der Waals surface area contributed by atoms with Crippen LogP contribution in [-0.4, -0.2) is 26.8 Å². The molecule has 0 spiro atoms.